The summed E-state index contributed by atoms with van der Waals surface area (Å²) >= 11 is 1.71. The first-order chi connectivity index (χ1) is 6.18. The number of aliphatic hydroxyl groups is 1. The average molecular weight is 196 g/mol. The van der Waals surface area contributed by atoms with Gasteiger partial charge in [0.15, 0.2) is 0 Å². The van der Waals surface area contributed by atoms with Crippen LogP contribution in [0, 0.1) is 5.92 Å². The van der Waals surface area contributed by atoms with Gasteiger partial charge in [-0.25, -0.2) is 0 Å². The van der Waals surface area contributed by atoms with Crippen LogP contribution in [0.5, 0.6) is 0 Å². The molecule has 0 saturated heterocycles. The molecule has 1 atom stereocenters. The third-order valence-corrected chi connectivity index (χ3v) is 3.86. The van der Waals surface area contributed by atoms with Crippen molar-refractivity contribution >= 4 is 11.3 Å². The highest BCUT2D eigenvalue weighted by Gasteiger charge is 2.35. The van der Waals surface area contributed by atoms with Crippen molar-refractivity contribution < 1.29 is 5.11 Å². The van der Waals surface area contributed by atoms with Gasteiger partial charge < -0.3 is 5.11 Å². The van der Waals surface area contributed by atoms with E-state index in [-0.39, 0.29) is 0 Å². The van der Waals surface area contributed by atoms with Crippen LogP contribution in [0.4, 0.5) is 0 Å². The molecule has 1 aromatic heterocycles. The van der Waals surface area contributed by atoms with Crippen LogP contribution >= 0.6 is 11.3 Å². The zero-order valence-corrected chi connectivity index (χ0v) is 8.81. The maximum absolute atomic E-state index is 10.2. The fourth-order valence-electron chi connectivity index (χ4n) is 1.98. The molecule has 13 heavy (non-hydrogen) atoms. The summed E-state index contributed by atoms with van der Waals surface area (Å²) in [6, 6.07) is 2.11. The molecule has 0 spiro atoms. The maximum Gasteiger partial charge on any atom is 0.0688 e. The van der Waals surface area contributed by atoms with Gasteiger partial charge in [-0.3, -0.25) is 0 Å². The fraction of sp³-hybridized carbons (Fsp3) is 0.636. The molecular weight excluding hydrogens is 180 g/mol. The summed E-state index contributed by atoms with van der Waals surface area (Å²) < 4.78 is 0. The smallest absolute Gasteiger partial charge is 0.0688 e. The molecule has 1 aliphatic rings. The molecule has 1 N–H and O–H groups in total. The topological polar surface area (TPSA) is 20.2 Å². The first-order valence-electron chi connectivity index (χ1n) is 4.92. The van der Waals surface area contributed by atoms with Crippen LogP contribution in [0.1, 0.15) is 31.7 Å². The van der Waals surface area contributed by atoms with Crippen LogP contribution in [-0.4, -0.2) is 10.7 Å². The lowest BCUT2D eigenvalue weighted by molar-refractivity contribution is -0.0339. The molecule has 0 radical (unpaired) electrons. The van der Waals surface area contributed by atoms with Gasteiger partial charge in [-0.2, -0.15) is 11.3 Å². The Morgan fingerprint density at radius 1 is 1.62 bits per heavy atom. The van der Waals surface area contributed by atoms with E-state index in [1.807, 2.05) is 6.92 Å². The molecule has 1 heterocycles. The van der Waals surface area contributed by atoms with Gasteiger partial charge in [0.1, 0.15) is 0 Å². The first-order valence-corrected chi connectivity index (χ1v) is 5.86. The van der Waals surface area contributed by atoms with Gasteiger partial charge >= 0.3 is 0 Å². The molecule has 0 bridgehead atoms. The van der Waals surface area contributed by atoms with Crippen LogP contribution in [0.3, 0.4) is 0 Å². The maximum atomic E-state index is 10.2. The Balaban J connectivity index is 1.99. The second-order valence-electron chi connectivity index (χ2n) is 4.29. The molecule has 0 aliphatic heterocycles. The van der Waals surface area contributed by atoms with Crippen molar-refractivity contribution in [3.8, 4) is 0 Å². The molecule has 1 fully saturated rings. The predicted molar refractivity (Wildman–Crippen MR) is 56.0 cm³/mol. The van der Waals surface area contributed by atoms with E-state index < -0.39 is 5.60 Å². The van der Waals surface area contributed by atoms with E-state index in [1.54, 1.807) is 11.3 Å². The molecule has 0 aromatic carbocycles. The summed E-state index contributed by atoms with van der Waals surface area (Å²) in [6.45, 7) is 1.98. The highest BCUT2D eigenvalue weighted by atomic mass is 32.1. The Morgan fingerprint density at radius 2 is 2.38 bits per heavy atom. The summed E-state index contributed by atoms with van der Waals surface area (Å²) in [7, 11) is 0. The van der Waals surface area contributed by atoms with Gasteiger partial charge in [-0.05, 0) is 48.1 Å². The number of hydrogen-bond donors (Lipinski definition) is 1. The van der Waals surface area contributed by atoms with E-state index in [2.05, 4.69) is 16.8 Å². The zero-order chi connectivity index (χ0) is 9.31. The second kappa shape index (κ2) is 3.43. The van der Waals surface area contributed by atoms with Crippen molar-refractivity contribution in [3.05, 3.63) is 22.4 Å². The van der Waals surface area contributed by atoms with Crippen LogP contribution < -0.4 is 0 Å². The Morgan fingerprint density at radius 3 is 2.85 bits per heavy atom. The fourth-order valence-corrected chi connectivity index (χ4v) is 2.65. The molecule has 72 valence electrons. The lowest BCUT2D eigenvalue weighted by atomic mass is 9.71. The van der Waals surface area contributed by atoms with Crippen LogP contribution in [0.2, 0.25) is 0 Å². The highest BCUT2D eigenvalue weighted by molar-refractivity contribution is 7.07. The summed E-state index contributed by atoms with van der Waals surface area (Å²) in [5.41, 5.74) is 0.807. The second-order valence-corrected chi connectivity index (χ2v) is 5.07. The quantitative estimate of drug-likeness (QED) is 0.788. The van der Waals surface area contributed by atoms with Crippen LogP contribution in [0.25, 0.3) is 0 Å². The largest absolute Gasteiger partial charge is 0.390 e. The third-order valence-electron chi connectivity index (χ3n) is 3.13. The Kier molecular flexibility index (Phi) is 2.43. The normalized spacial score (nSPS) is 22.3. The van der Waals surface area contributed by atoms with Crippen molar-refractivity contribution in [1.82, 2.24) is 0 Å². The Bertz CT molecular complexity index is 260. The van der Waals surface area contributed by atoms with Crippen molar-refractivity contribution in [2.75, 3.05) is 0 Å². The van der Waals surface area contributed by atoms with Gasteiger partial charge in [0, 0.05) is 6.42 Å². The molecule has 1 nitrogen and oxygen atoms in total. The molecule has 1 saturated carbocycles. The molecule has 0 amide bonds. The van der Waals surface area contributed by atoms with Gasteiger partial charge in [0.2, 0.25) is 0 Å². The molecular formula is C11H16OS. The molecule has 2 rings (SSSR count). The standard InChI is InChI=1S/C11H16OS/c1-11(12,10-3-2-4-10)7-9-5-6-13-8-9/h5-6,8,10,12H,2-4,7H2,1H3. The van der Waals surface area contributed by atoms with Crippen LogP contribution in [-0.2, 0) is 6.42 Å². The molecule has 1 aromatic rings. The minimum Gasteiger partial charge on any atom is -0.390 e. The number of hydrogen-bond acceptors (Lipinski definition) is 2. The van der Waals surface area contributed by atoms with Gasteiger partial charge in [0.25, 0.3) is 0 Å². The highest BCUT2D eigenvalue weighted by Crippen LogP contribution is 2.37. The zero-order valence-electron chi connectivity index (χ0n) is 7.99. The lowest BCUT2D eigenvalue weighted by Gasteiger charge is -2.38. The number of thiophene rings is 1. The van der Waals surface area contributed by atoms with E-state index >= 15 is 0 Å². The molecule has 1 unspecified atom stereocenters. The lowest BCUT2D eigenvalue weighted by Crippen LogP contribution is -2.40. The Hall–Kier alpha value is -0.340. The van der Waals surface area contributed by atoms with Crippen molar-refractivity contribution in [2.45, 2.75) is 38.2 Å². The average Bonchev–Trinajstić information content (AvgIpc) is 2.32. The van der Waals surface area contributed by atoms with E-state index in [0.717, 1.165) is 6.42 Å². The summed E-state index contributed by atoms with van der Waals surface area (Å²) in [5, 5.41) is 14.4. The summed E-state index contributed by atoms with van der Waals surface area (Å²) in [6.07, 6.45) is 4.53. The minimum atomic E-state index is -0.473. The third kappa shape index (κ3) is 1.94. The van der Waals surface area contributed by atoms with Gasteiger partial charge in [-0.15, -0.1) is 0 Å². The van der Waals surface area contributed by atoms with E-state index in [9.17, 15) is 5.11 Å². The van der Waals surface area contributed by atoms with E-state index in [0.29, 0.717) is 5.92 Å². The van der Waals surface area contributed by atoms with Crippen molar-refractivity contribution in [2.24, 2.45) is 5.92 Å². The molecule has 1 aliphatic carbocycles. The first kappa shape index (κ1) is 9.22. The van der Waals surface area contributed by atoms with E-state index in [1.165, 1.54) is 24.8 Å². The number of rotatable bonds is 3. The van der Waals surface area contributed by atoms with E-state index in [4.69, 9.17) is 0 Å². The predicted octanol–water partition coefficient (Wildman–Crippen LogP) is 2.84. The SMILES string of the molecule is CC(O)(Cc1ccsc1)C1CCC1. The van der Waals surface area contributed by atoms with Crippen molar-refractivity contribution in [1.29, 1.82) is 0 Å². The van der Waals surface area contributed by atoms with Crippen LogP contribution in [0.15, 0.2) is 16.8 Å². The van der Waals surface area contributed by atoms with Gasteiger partial charge in [-0.1, -0.05) is 6.42 Å². The van der Waals surface area contributed by atoms with Crippen molar-refractivity contribution in [3.63, 3.8) is 0 Å². The van der Waals surface area contributed by atoms with Gasteiger partial charge in [0.05, 0.1) is 5.60 Å². The monoisotopic (exact) mass is 196 g/mol. The summed E-state index contributed by atoms with van der Waals surface area (Å²) in [5.74, 6) is 0.535. The molecule has 2 heteroatoms. The Labute approximate surface area is 83.4 Å². The summed E-state index contributed by atoms with van der Waals surface area (Å²) in [4.78, 5) is 0. The minimum absolute atomic E-state index is 0.473.